The fourth-order valence-electron chi connectivity index (χ4n) is 2.52. The van der Waals surface area contributed by atoms with Gasteiger partial charge in [-0.2, -0.15) is 0 Å². The monoisotopic (exact) mass is 252 g/mol. The van der Waals surface area contributed by atoms with Crippen LogP contribution in [0.3, 0.4) is 0 Å². The largest absolute Gasteiger partial charge is 0.316 e. The third-order valence-corrected chi connectivity index (χ3v) is 4.35. The van der Waals surface area contributed by atoms with Crippen molar-refractivity contribution in [2.75, 3.05) is 13.1 Å². The molecular weight excluding hydrogens is 228 g/mol. The average Bonchev–Trinajstić information content (AvgIpc) is 3.00. The maximum Gasteiger partial charge on any atom is 0.0794 e. The number of nitrogens with zero attached hydrogens (tertiary/aromatic N) is 1. The van der Waals surface area contributed by atoms with E-state index in [1.165, 1.54) is 18.5 Å². The van der Waals surface area contributed by atoms with Crippen molar-refractivity contribution in [1.82, 2.24) is 10.3 Å². The smallest absolute Gasteiger partial charge is 0.0794 e. The Bertz CT molecular complexity index is 330. The average molecular weight is 252 g/mol. The van der Waals surface area contributed by atoms with Crippen LogP contribution in [0.1, 0.15) is 39.3 Å². The van der Waals surface area contributed by atoms with E-state index in [9.17, 15) is 0 Å². The molecule has 3 heteroatoms. The molecule has 2 rings (SSSR count). The van der Waals surface area contributed by atoms with Gasteiger partial charge in [0.25, 0.3) is 0 Å². The zero-order chi connectivity index (χ0) is 12.3. The molecule has 1 saturated carbocycles. The lowest BCUT2D eigenvalue weighted by Crippen LogP contribution is -2.37. The highest BCUT2D eigenvalue weighted by molar-refractivity contribution is 7.07. The van der Waals surface area contributed by atoms with Crippen LogP contribution >= 0.6 is 11.3 Å². The molecule has 1 aliphatic rings. The lowest BCUT2D eigenvalue weighted by atomic mass is 9.80. The fourth-order valence-corrected chi connectivity index (χ4v) is 3.07. The Morgan fingerprint density at radius 2 is 2.29 bits per heavy atom. The standard InChI is InChI=1S/C14H24N2S/c1-11(2)7-15-9-14(3,12-4-5-12)6-13-8-17-10-16-13/h8,10-12,15H,4-7,9H2,1-3H3. The van der Waals surface area contributed by atoms with Crippen LogP contribution in [0.2, 0.25) is 0 Å². The van der Waals surface area contributed by atoms with Gasteiger partial charge < -0.3 is 5.32 Å². The molecule has 1 fully saturated rings. The van der Waals surface area contributed by atoms with Gasteiger partial charge in [0.1, 0.15) is 0 Å². The molecule has 17 heavy (non-hydrogen) atoms. The first-order valence-electron chi connectivity index (χ1n) is 6.68. The van der Waals surface area contributed by atoms with Crippen LogP contribution in [0.4, 0.5) is 0 Å². The Kier molecular flexibility index (Phi) is 4.21. The van der Waals surface area contributed by atoms with Gasteiger partial charge in [0.15, 0.2) is 0 Å². The Morgan fingerprint density at radius 1 is 1.53 bits per heavy atom. The molecule has 2 nitrogen and oxygen atoms in total. The second kappa shape index (κ2) is 5.49. The van der Waals surface area contributed by atoms with Crippen molar-refractivity contribution in [2.45, 2.75) is 40.0 Å². The molecule has 96 valence electrons. The van der Waals surface area contributed by atoms with Crippen LogP contribution in [0, 0.1) is 17.3 Å². The third kappa shape index (κ3) is 3.78. The molecule has 1 unspecified atom stereocenters. The summed E-state index contributed by atoms with van der Waals surface area (Å²) >= 11 is 1.71. The van der Waals surface area contributed by atoms with E-state index in [0.717, 1.165) is 31.3 Å². The van der Waals surface area contributed by atoms with Gasteiger partial charge in [0.05, 0.1) is 11.2 Å². The van der Waals surface area contributed by atoms with Gasteiger partial charge in [-0.15, -0.1) is 11.3 Å². The highest BCUT2D eigenvalue weighted by atomic mass is 32.1. The van der Waals surface area contributed by atoms with E-state index in [4.69, 9.17) is 0 Å². The predicted octanol–water partition coefficient (Wildman–Crippen LogP) is 3.35. The zero-order valence-electron chi connectivity index (χ0n) is 11.2. The lowest BCUT2D eigenvalue weighted by molar-refractivity contribution is 0.250. The van der Waals surface area contributed by atoms with Crippen molar-refractivity contribution >= 4 is 11.3 Å². The summed E-state index contributed by atoms with van der Waals surface area (Å²) < 4.78 is 0. The van der Waals surface area contributed by atoms with Crippen LogP contribution in [-0.4, -0.2) is 18.1 Å². The van der Waals surface area contributed by atoms with E-state index < -0.39 is 0 Å². The van der Waals surface area contributed by atoms with Gasteiger partial charge >= 0.3 is 0 Å². The molecule has 1 atom stereocenters. The summed E-state index contributed by atoms with van der Waals surface area (Å²) in [7, 11) is 0. The SMILES string of the molecule is CC(C)CNCC(C)(Cc1cscn1)C1CC1. The molecule has 0 aromatic carbocycles. The maximum absolute atomic E-state index is 4.45. The third-order valence-electron chi connectivity index (χ3n) is 3.71. The van der Waals surface area contributed by atoms with E-state index in [0.29, 0.717) is 5.41 Å². The van der Waals surface area contributed by atoms with Crippen molar-refractivity contribution in [3.8, 4) is 0 Å². The first-order valence-corrected chi connectivity index (χ1v) is 7.62. The second-order valence-electron chi connectivity index (χ2n) is 6.11. The first kappa shape index (κ1) is 13.0. The quantitative estimate of drug-likeness (QED) is 0.805. The van der Waals surface area contributed by atoms with E-state index in [1.807, 2.05) is 5.51 Å². The van der Waals surface area contributed by atoms with Crippen molar-refractivity contribution < 1.29 is 0 Å². The summed E-state index contributed by atoms with van der Waals surface area (Å²) in [5.41, 5.74) is 3.63. The Balaban J connectivity index is 1.90. The second-order valence-corrected chi connectivity index (χ2v) is 6.83. The molecule has 1 N–H and O–H groups in total. The number of nitrogens with one attached hydrogen (secondary N) is 1. The van der Waals surface area contributed by atoms with Crippen molar-refractivity contribution in [3.63, 3.8) is 0 Å². The number of hydrogen-bond donors (Lipinski definition) is 1. The minimum absolute atomic E-state index is 0.406. The van der Waals surface area contributed by atoms with Gasteiger partial charge in [0, 0.05) is 11.9 Å². The minimum Gasteiger partial charge on any atom is -0.316 e. The van der Waals surface area contributed by atoms with Crippen LogP contribution in [0.25, 0.3) is 0 Å². The molecule has 0 aliphatic heterocycles. The summed E-state index contributed by atoms with van der Waals surface area (Å²) in [5, 5.41) is 5.83. The van der Waals surface area contributed by atoms with Gasteiger partial charge in [-0.1, -0.05) is 20.8 Å². The van der Waals surface area contributed by atoms with Crippen molar-refractivity contribution in [2.24, 2.45) is 17.3 Å². The van der Waals surface area contributed by atoms with Gasteiger partial charge in [-0.05, 0) is 43.1 Å². The normalized spacial score (nSPS) is 19.5. The molecule has 1 aliphatic carbocycles. The molecule has 1 heterocycles. The van der Waals surface area contributed by atoms with Gasteiger partial charge in [-0.25, -0.2) is 4.98 Å². The molecular formula is C14H24N2S. The first-order chi connectivity index (χ1) is 8.10. The molecule has 0 radical (unpaired) electrons. The van der Waals surface area contributed by atoms with Crippen LogP contribution in [0.15, 0.2) is 10.9 Å². The Labute approximate surface area is 109 Å². The maximum atomic E-state index is 4.45. The fraction of sp³-hybridized carbons (Fsp3) is 0.786. The molecule has 0 spiro atoms. The van der Waals surface area contributed by atoms with Crippen molar-refractivity contribution in [1.29, 1.82) is 0 Å². The Hall–Kier alpha value is -0.410. The molecule has 0 saturated heterocycles. The molecule has 1 aromatic heterocycles. The predicted molar refractivity (Wildman–Crippen MR) is 74.4 cm³/mol. The summed E-state index contributed by atoms with van der Waals surface area (Å²) in [6.45, 7) is 9.22. The molecule has 0 amide bonds. The van der Waals surface area contributed by atoms with Crippen LogP contribution in [0.5, 0.6) is 0 Å². The summed E-state index contributed by atoms with van der Waals surface area (Å²) in [5.74, 6) is 1.64. The zero-order valence-corrected chi connectivity index (χ0v) is 12.0. The molecule has 1 aromatic rings. The van der Waals surface area contributed by atoms with E-state index in [1.54, 1.807) is 11.3 Å². The highest BCUT2D eigenvalue weighted by Gasteiger charge is 2.41. The summed E-state index contributed by atoms with van der Waals surface area (Å²) in [6, 6.07) is 0. The van der Waals surface area contributed by atoms with Crippen molar-refractivity contribution in [3.05, 3.63) is 16.6 Å². The van der Waals surface area contributed by atoms with Gasteiger partial charge in [0.2, 0.25) is 0 Å². The molecule has 0 bridgehead atoms. The number of hydrogen-bond acceptors (Lipinski definition) is 3. The topological polar surface area (TPSA) is 24.9 Å². The summed E-state index contributed by atoms with van der Waals surface area (Å²) in [6.07, 6.45) is 3.94. The highest BCUT2D eigenvalue weighted by Crippen LogP contribution is 2.46. The van der Waals surface area contributed by atoms with E-state index in [-0.39, 0.29) is 0 Å². The number of aromatic nitrogens is 1. The van der Waals surface area contributed by atoms with E-state index >= 15 is 0 Å². The van der Waals surface area contributed by atoms with Gasteiger partial charge in [-0.3, -0.25) is 0 Å². The lowest BCUT2D eigenvalue weighted by Gasteiger charge is -2.30. The Morgan fingerprint density at radius 3 is 2.82 bits per heavy atom. The minimum atomic E-state index is 0.406. The summed E-state index contributed by atoms with van der Waals surface area (Å²) in [4.78, 5) is 4.45. The number of thiazole rings is 1. The van der Waals surface area contributed by atoms with E-state index in [2.05, 4.69) is 36.5 Å². The van der Waals surface area contributed by atoms with Crippen LogP contribution in [-0.2, 0) is 6.42 Å². The number of rotatable bonds is 7. The van der Waals surface area contributed by atoms with Crippen LogP contribution < -0.4 is 5.32 Å².